The molecule has 2 aliphatic rings. The van der Waals surface area contributed by atoms with Crippen LogP contribution in [-0.2, 0) is 9.59 Å². The smallest absolute Gasteiger partial charge is 0.241 e. The third kappa shape index (κ3) is 4.74. The number of rotatable bonds is 5. The first-order valence-electron chi connectivity index (χ1n) is 9.67. The van der Waals surface area contributed by atoms with Crippen LogP contribution >= 0.6 is 11.6 Å². The van der Waals surface area contributed by atoms with Gasteiger partial charge in [0, 0.05) is 24.0 Å². The fraction of sp³-hybridized carbons (Fsp3) is 0.600. The first-order valence-corrected chi connectivity index (χ1v) is 10.0. The summed E-state index contributed by atoms with van der Waals surface area (Å²) in [6.45, 7) is 5.21. The van der Waals surface area contributed by atoms with Gasteiger partial charge in [0.05, 0.1) is 18.8 Å². The molecule has 0 radical (unpaired) electrons. The fourth-order valence-corrected chi connectivity index (χ4v) is 4.08. The Hall–Kier alpha value is -1.79. The minimum absolute atomic E-state index is 0.0973. The summed E-state index contributed by atoms with van der Waals surface area (Å²) in [5.74, 6) is 0.880. The summed E-state index contributed by atoms with van der Waals surface area (Å²) in [7, 11) is 1.56. The van der Waals surface area contributed by atoms with Gasteiger partial charge in [-0.1, -0.05) is 11.6 Å². The summed E-state index contributed by atoms with van der Waals surface area (Å²) in [6.07, 6.45) is 3.87. The van der Waals surface area contributed by atoms with Crippen molar-refractivity contribution in [1.29, 1.82) is 0 Å². The maximum absolute atomic E-state index is 12.7. The Morgan fingerprint density at radius 2 is 1.85 bits per heavy atom. The van der Waals surface area contributed by atoms with Crippen molar-refractivity contribution >= 4 is 29.1 Å². The minimum Gasteiger partial charge on any atom is -0.495 e. The van der Waals surface area contributed by atoms with Gasteiger partial charge in [-0.25, -0.2) is 0 Å². The van der Waals surface area contributed by atoms with E-state index in [1.807, 2.05) is 11.8 Å². The number of carbonyl (C=O) groups is 2. The molecule has 1 aromatic rings. The zero-order valence-corrected chi connectivity index (χ0v) is 16.8. The molecule has 1 aromatic carbocycles. The number of benzene rings is 1. The topological polar surface area (TPSA) is 61.9 Å². The van der Waals surface area contributed by atoms with E-state index in [4.69, 9.17) is 16.3 Å². The highest BCUT2D eigenvalue weighted by atomic mass is 35.5. The lowest BCUT2D eigenvalue weighted by Gasteiger charge is -2.36. The predicted octanol–water partition coefficient (Wildman–Crippen LogP) is 3.01. The Kier molecular flexibility index (Phi) is 6.60. The number of nitrogens with zero attached hydrogens (tertiary/aromatic N) is 2. The standard InChI is InChI=1S/C20H28ClN3O3/c1-14(19(25)22-17-13-16(21)5-6-18(17)27-2)23-11-7-15(8-12-23)20(26)24-9-3-4-10-24/h5-6,13-15H,3-4,7-12H2,1-2H3,(H,22,25). The molecule has 1 atom stereocenters. The highest BCUT2D eigenvalue weighted by Gasteiger charge is 2.32. The van der Waals surface area contributed by atoms with Gasteiger partial charge < -0.3 is 15.0 Å². The maximum Gasteiger partial charge on any atom is 0.241 e. The number of halogens is 1. The second kappa shape index (κ2) is 8.93. The average Bonchev–Trinajstić information content (AvgIpc) is 3.22. The number of carbonyl (C=O) groups excluding carboxylic acids is 2. The molecule has 2 heterocycles. The van der Waals surface area contributed by atoms with Crippen molar-refractivity contribution in [3.05, 3.63) is 23.2 Å². The van der Waals surface area contributed by atoms with E-state index in [1.54, 1.807) is 25.3 Å². The molecule has 3 rings (SSSR count). The van der Waals surface area contributed by atoms with Crippen LogP contribution < -0.4 is 10.1 Å². The largest absolute Gasteiger partial charge is 0.495 e. The van der Waals surface area contributed by atoms with E-state index in [2.05, 4.69) is 10.2 Å². The number of piperidine rings is 1. The van der Waals surface area contributed by atoms with E-state index in [0.717, 1.165) is 51.9 Å². The molecule has 27 heavy (non-hydrogen) atoms. The van der Waals surface area contributed by atoms with Crippen LogP contribution in [0.3, 0.4) is 0 Å². The van der Waals surface area contributed by atoms with Crippen LogP contribution in [0.4, 0.5) is 5.69 Å². The van der Waals surface area contributed by atoms with Crippen LogP contribution in [0.15, 0.2) is 18.2 Å². The third-order valence-corrected chi connectivity index (χ3v) is 5.88. The Morgan fingerprint density at radius 3 is 2.48 bits per heavy atom. The lowest BCUT2D eigenvalue weighted by atomic mass is 9.94. The lowest BCUT2D eigenvalue weighted by molar-refractivity contribution is -0.136. The zero-order chi connectivity index (χ0) is 19.4. The van der Waals surface area contributed by atoms with Crippen molar-refractivity contribution in [2.45, 2.75) is 38.6 Å². The number of amides is 2. The van der Waals surface area contributed by atoms with E-state index in [-0.39, 0.29) is 17.9 Å². The van der Waals surface area contributed by atoms with Crippen LogP contribution in [0.2, 0.25) is 5.02 Å². The number of likely N-dealkylation sites (tertiary alicyclic amines) is 2. The van der Waals surface area contributed by atoms with Gasteiger partial charge in [0.2, 0.25) is 11.8 Å². The summed E-state index contributed by atoms with van der Waals surface area (Å²) in [6, 6.07) is 4.86. The van der Waals surface area contributed by atoms with E-state index in [0.29, 0.717) is 22.4 Å². The molecule has 148 valence electrons. The van der Waals surface area contributed by atoms with Crippen LogP contribution in [-0.4, -0.2) is 60.9 Å². The molecule has 0 aliphatic carbocycles. The highest BCUT2D eigenvalue weighted by molar-refractivity contribution is 6.31. The normalized spacial score (nSPS) is 19.7. The average molecular weight is 394 g/mol. The molecule has 2 aliphatic heterocycles. The molecular weight excluding hydrogens is 366 g/mol. The molecule has 6 nitrogen and oxygen atoms in total. The number of anilines is 1. The van der Waals surface area contributed by atoms with E-state index < -0.39 is 0 Å². The molecule has 0 aromatic heterocycles. The summed E-state index contributed by atoms with van der Waals surface area (Å²) in [5.41, 5.74) is 0.570. The van der Waals surface area contributed by atoms with Crippen molar-refractivity contribution in [3.8, 4) is 5.75 Å². The molecule has 7 heteroatoms. The number of hydrogen-bond acceptors (Lipinski definition) is 4. The van der Waals surface area contributed by atoms with E-state index >= 15 is 0 Å². The number of ether oxygens (including phenoxy) is 1. The fourth-order valence-electron chi connectivity index (χ4n) is 3.91. The van der Waals surface area contributed by atoms with Crippen molar-refractivity contribution in [3.63, 3.8) is 0 Å². The van der Waals surface area contributed by atoms with Gasteiger partial charge in [-0.15, -0.1) is 0 Å². The van der Waals surface area contributed by atoms with Gasteiger partial charge in [0.25, 0.3) is 0 Å². The maximum atomic E-state index is 12.7. The number of hydrogen-bond donors (Lipinski definition) is 1. The SMILES string of the molecule is COc1ccc(Cl)cc1NC(=O)C(C)N1CCC(C(=O)N2CCCC2)CC1. The zero-order valence-electron chi connectivity index (χ0n) is 16.0. The quantitative estimate of drug-likeness (QED) is 0.835. The Bertz CT molecular complexity index is 683. The summed E-state index contributed by atoms with van der Waals surface area (Å²) in [5, 5.41) is 3.45. The monoisotopic (exact) mass is 393 g/mol. The molecule has 2 fully saturated rings. The van der Waals surface area contributed by atoms with Gasteiger partial charge in [-0.2, -0.15) is 0 Å². The van der Waals surface area contributed by atoms with Crippen LogP contribution in [0.25, 0.3) is 0 Å². The number of nitrogens with one attached hydrogen (secondary N) is 1. The highest BCUT2D eigenvalue weighted by Crippen LogP contribution is 2.28. The van der Waals surface area contributed by atoms with E-state index in [1.165, 1.54) is 0 Å². The van der Waals surface area contributed by atoms with Crippen molar-refractivity contribution < 1.29 is 14.3 Å². The van der Waals surface area contributed by atoms with Gasteiger partial charge in [-0.05, 0) is 63.9 Å². The Morgan fingerprint density at radius 1 is 1.19 bits per heavy atom. The van der Waals surface area contributed by atoms with Gasteiger partial charge in [-0.3, -0.25) is 14.5 Å². The van der Waals surface area contributed by atoms with Gasteiger partial charge in [0.1, 0.15) is 5.75 Å². The molecular formula is C20H28ClN3O3. The van der Waals surface area contributed by atoms with Crippen molar-refractivity contribution in [1.82, 2.24) is 9.80 Å². The molecule has 0 spiro atoms. The molecule has 0 bridgehead atoms. The van der Waals surface area contributed by atoms with Crippen LogP contribution in [0.1, 0.15) is 32.6 Å². The van der Waals surface area contributed by atoms with Crippen LogP contribution in [0.5, 0.6) is 5.75 Å². The predicted molar refractivity (Wildman–Crippen MR) is 106 cm³/mol. The summed E-state index contributed by atoms with van der Waals surface area (Å²) < 4.78 is 5.29. The number of methoxy groups -OCH3 is 1. The first kappa shape index (κ1) is 20.0. The second-order valence-electron chi connectivity index (χ2n) is 7.35. The molecule has 2 saturated heterocycles. The molecule has 1 unspecified atom stereocenters. The van der Waals surface area contributed by atoms with Crippen molar-refractivity contribution in [2.75, 3.05) is 38.6 Å². The van der Waals surface area contributed by atoms with Crippen molar-refractivity contribution in [2.24, 2.45) is 5.92 Å². The molecule has 2 amide bonds. The third-order valence-electron chi connectivity index (χ3n) is 5.64. The Labute approximate surface area is 165 Å². The summed E-state index contributed by atoms with van der Waals surface area (Å²) in [4.78, 5) is 29.4. The lowest BCUT2D eigenvalue weighted by Crippen LogP contribution is -2.48. The van der Waals surface area contributed by atoms with E-state index in [9.17, 15) is 9.59 Å². The first-order chi connectivity index (χ1) is 13.0. The molecule has 1 N–H and O–H groups in total. The Balaban J connectivity index is 1.54. The second-order valence-corrected chi connectivity index (χ2v) is 7.79. The van der Waals surface area contributed by atoms with Gasteiger partial charge >= 0.3 is 0 Å². The van der Waals surface area contributed by atoms with Crippen LogP contribution in [0, 0.1) is 5.92 Å². The summed E-state index contributed by atoms with van der Waals surface area (Å²) >= 11 is 6.03. The molecule has 0 saturated carbocycles. The van der Waals surface area contributed by atoms with Gasteiger partial charge in [0.15, 0.2) is 0 Å². The minimum atomic E-state index is -0.281.